The molecule has 0 atom stereocenters. The van der Waals surface area contributed by atoms with Crippen LogP contribution in [0.4, 0.5) is 0 Å². The minimum absolute atomic E-state index is 0.365. The number of hydrogen-bond donors (Lipinski definition) is 0. The van der Waals surface area contributed by atoms with Gasteiger partial charge in [0.25, 0.3) is 0 Å². The van der Waals surface area contributed by atoms with Crippen LogP contribution in [0.3, 0.4) is 0 Å². The second kappa shape index (κ2) is 6.42. The minimum atomic E-state index is 0.365. The molecule has 1 saturated heterocycles. The van der Waals surface area contributed by atoms with Crippen LogP contribution in [0.1, 0.15) is 36.1 Å². The van der Waals surface area contributed by atoms with Gasteiger partial charge in [0.15, 0.2) is 0 Å². The van der Waals surface area contributed by atoms with Crippen LogP contribution < -0.4 is 4.74 Å². The number of benzene rings is 2. The van der Waals surface area contributed by atoms with E-state index >= 15 is 0 Å². The average molecular weight is 361 g/mol. The molecule has 3 heteroatoms. The van der Waals surface area contributed by atoms with Crippen molar-refractivity contribution in [1.29, 1.82) is 0 Å². The van der Waals surface area contributed by atoms with Crippen molar-refractivity contribution in [1.82, 2.24) is 9.47 Å². The summed E-state index contributed by atoms with van der Waals surface area (Å²) in [7, 11) is 4.02. The molecule has 3 nitrogen and oxygen atoms in total. The van der Waals surface area contributed by atoms with Crippen LogP contribution in [0.25, 0.3) is 10.9 Å². The number of nitrogens with zero attached hydrogens (tertiary/aromatic N) is 2. The molecule has 2 aliphatic rings. The average Bonchev–Trinajstić information content (AvgIpc) is 3.21. The smallest absolute Gasteiger partial charge is 0.119 e. The summed E-state index contributed by atoms with van der Waals surface area (Å²) >= 11 is 0. The van der Waals surface area contributed by atoms with Gasteiger partial charge < -0.3 is 9.30 Å². The van der Waals surface area contributed by atoms with Crippen molar-refractivity contribution in [2.45, 2.75) is 37.6 Å². The van der Waals surface area contributed by atoms with E-state index < -0.39 is 0 Å². The van der Waals surface area contributed by atoms with E-state index in [2.05, 4.69) is 65.0 Å². The summed E-state index contributed by atoms with van der Waals surface area (Å²) in [6, 6.07) is 17.4. The molecule has 0 unspecified atom stereocenters. The van der Waals surface area contributed by atoms with Gasteiger partial charge in [-0.3, -0.25) is 4.90 Å². The summed E-state index contributed by atoms with van der Waals surface area (Å²) in [5.41, 5.74) is 6.32. The van der Waals surface area contributed by atoms with E-state index in [9.17, 15) is 0 Å². The molecule has 3 aromatic rings. The first-order valence-corrected chi connectivity index (χ1v) is 10.1. The Morgan fingerprint density at radius 3 is 2.52 bits per heavy atom. The maximum Gasteiger partial charge on any atom is 0.119 e. The molecule has 1 spiro atoms. The highest BCUT2D eigenvalue weighted by molar-refractivity contribution is 5.88. The number of ether oxygens (including phenoxy) is 1. The van der Waals surface area contributed by atoms with Gasteiger partial charge in [0, 0.05) is 35.6 Å². The van der Waals surface area contributed by atoms with Crippen LogP contribution in [0.2, 0.25) is 0 Å². The minimum Gasteiger partial charge on any atom is -0.497 e. The van der Waals surface area contributed by atoms with Crippen molar-refractivity contribution >= 4 is 10.9 Å². The monoisotopic (exact) mass is 360 g/mol. The molecule has 1 aliphatic carbocycles. The SMILES string of the molecule is COc1ccc2c(c1)c1c(n2C)C2(CC1)CCN(Cc1ccccc1)CC2. The molecule has 140 valence electrons. The lowest BCUT2D eigenvalue weighted by atomic mass is 9.76. The van der Waals surface area contributed by atoms with Crippen LogP contribution in [0, 0.1) is 0 Å². The predicted octanol–water partition coefficient (Wildman–Crippen LogP) is 4.67. The van der Waals surface area contributed by atoms with Gasteiger partial charge in [-0.2, -0.15) is 0 Å². The molecule has 2 heterocycles. The van der Waals surface area contributed by atoms with Crippen molar-refractivity contribution in [3.63, 3.8) is 0 Å². The van der Waals surface area contributed by atoms with Crippen molar-refractivity contribution in [2.75, 3.05) is 20.2 Å². The largest absolute Gasteiger partial charge is 0.497 e. The summed E-state index contributed by atoms with van der Waals surface area (Å²) < 4.78 is 7.96. The van der Waals surface area contributed by atoms with Gasteiger partial charge in [0.2, 0.25) is 0 Å². The highest BCUT2D eigenvalue weighted by Gasteiger charge is 2.44. The van der Waals surface area contributed by atoms with Crippen molar-refractivity contribution in [3.8, 4) is 5.75 Å². The second-order valence-electron chi connectivity index (χ2n) is 8.31. The molecule has 1 aliphatic heterocycles. The lowest BCUT2D eigenvalue weighted by molar-refractivity contribution is 0.148. The topological polar surface area (TPSA) is 17.4 Å². The molecule has 5 rings (SSSR count). The Bertz CT molecular complexity index is 965. The number of aryl methyl sites for hydroxylation is 2. The van der Waals surface area contributed by atoms with Crippen molar-refractivity contribution in [3.05, 3.63) is 65.4 Å². The molecule has 1 fully saturated rings. The van der Waals surface area contributed by atoms with Gasteiger partial charge in [0.1, 0.15) is 5.75 Å². The van der Waals surface area contributed by atoms with Crippen LogP contribution in [-0.4, -0.2) is 29.7 Å². The Morgan fingerprint density at radius 1 is 1.00 bits per heavy atom. The van der Waals surface area contributed by atoms with E-state index in [1.54, 1.807) is 18.4 Å². The molecular formula is C24H28N2O. The third-order valence-electron chi connectivity index (χ3n) is 6.93. The summed E-state index contributed by atoms with van der Waals surface area (Å²) in [5, 5.41) is 1.40. The lowest BCUT2D eigenvalue weighted by Gasteiger charge is -2.40. The fourth-order valence-electron chi connectivity index (χ4n) is 5.51. The van der Waals surface area contributed by atoms with E-state index in [4.69, 9.17) is 4.74 Å². The Hall–Kier alpha value is -2.26. The van der Waals surface area contributed by atoms with Gasteiger partial charge in [-0.05, 0) is 68.1 Å². The number of methoxy groups -OCH3 is 1. The number of likely N-dealkylation sites (tertiary alicyclic amines) is 1. The quantitative estimate of drug-likeness (QED) is 0.675. The van der Waals surface area contributed by atoms with E-state index in [0.29, 0.717) is 5.41 Å². The van der Waals surface area contributed by atoms with Crippen LogP contribution in [0.15, 0.2) is 48.5 Å². The summed E-state index contributed by atoms with van der Waals surface area (Å²) in [4.78, 5) is 2.63. The molecule has 1 aromatic heterocycles. The Labute approximate surface area is 161 Å². The molecule has 0 amide bonds. The molecular weight excluding hydrogens is 332 g/mol. The Kier molecular flexibility index (Phi) is 4.01. The molecule has 2 aromatic carbocycles. The maximum atomic E-state index is 5.48. The zero-order valence-electron chi connectivity index (χ0n) is 16.4. The van der Waals surface area contributed by atoms with Gasteiger partial charge in [-0.25, -0.2) is 0 Å². The predicted molar refractivity (Wildman–Crippen MR) is 110 cm³/mol. The lowest BCUT2D eigenvalue weighted by Crippen LogP contribution is -2.42. The fourth-order valence-corrected chi connectivity index (χ4v) is 5.51. The number of hydrogen-bond acceptors (Lipinski definition) is 2. The third kappa shape index (κ3) is 2.68. The highest BCUT2D eigenvalue weighted by atomic mass is 16.5. The number of aromatic nitrogens is 1. The third-order valence-corrected chi connectivity index (χ3v) is 6.93. The van der Waals surface area contributed by atoms with E-state index in [1.807, 2.05) is 0 Å². The second-order valence-corrected chi connectivity index (χ2v) is 8.31. The standard InChI is InChI=1S/C24H28N2O/c1-25-22-9-8-19(27-2)16-21(22)20-10-11-24(23(20)25)12-14-26(15-13-24)17-18-6-4-3-5-7-18/h3-9,16H,10-15,17H2,1-2H3. The van der Waals surface area contributed by atoms with Crippen LogP contribution in [-0.2, 0) is 25.4 Å². The molecule has 0 bridgehead atoms. The fraction of sp³-hybridized carbons (Fsp3) is 0.417. The Balaban J connectivity index is 1.42. The number of piperidine rings is 1. The summed E-state index contributed by atoms with van der Waals surface area (Å²) in [6.45, 7) is 3.47. The Morgan fingerprint density at radius 2 is 1.78 bits per heavy atom. The first kappa shape index (κ1) is 16.9. The van der Waals surface area contributed by atoms with Crippen LogP contribution >= 0.6 is 0 Å². The van der Waals surface area contributed by atoms with Gasteiger partial charge >= 0.3 is 0 Å². The maximum absolute atomic E-state index is 5.48. The van der Waals surface area contributed by atoms with E-state index in [0.717, 1.165) is 12.3 Å². The zero-order chi connectivity index (χ0) is 18.4. The first-order chi connectivity index (χ1) is 13.2. The van der Waals surface area contributed by atoms with Crippen LogP contribution in [0.5, 0.6) is 5.75 Å². The normalized spacial score (nSPS) is 18.9. The summed E-state index contributed by atoms with van der Waals surface area (Å²) in [5.74, 6) is 0.967. The summed E-state index contributed by atoms with van der Waals surface area (Å²) in [6.07, 6.45) is 5.05. The zero-order valence-corrected chi connectivity index (χ0v) is 16.4. The van der Waals surface area contributed by atoms with E-state index in [1.165, 1.54) is 55.2 Å². The molecule has 27 heavy (non-hydrogen) atoms. The first-order valence-electron chi connectivity index (χ1n) is 10.1. The van der Waals surface area contributed by atoms with Crippen molar-refractivity contribution < 1.29 is 4.74 Å². The molecule has 0 saturated carbocycles. The molecule has 0 radical (unpaired) electrons. The van der Waals surface area contributed by atoms with E-state index in [-0.39, 0.29) is 0 Å². The molecule has 0 N–H and O–H groups in total. The highest BCUT2D eigenvalue weighted by Crippen LogP contribution is 2.49. The van der Waals surface area contributed by atoms with Gasteiger partial charge in [-0.1, -0.05) is 30.3 Å². The number of rotatable bonds is 3. The number of fused-ring (bicyclic) bond motifs is 4. The van der Waals surface area contributed by atoms with Gasteiger partial charge in [0.05, 0.1) is 7.11 Å². The van der Waals surface area contributed by atoms with Crippen molar-refractivity contribution in [2.24, 2.45) is 7.05 Å². The van der Waals surface area contributed by atoms with Gasteiger partial charge in [-0.15, -0.1) is 0 Å².